The molecule has 2 atom stereocenters. The van der Waals surface area contributed by atoms with Crippen molar-refractivity contribution < 1.29 is 5.11 Å². The Kier molecular flexibility index (Phi) is 6.77. The summed E-state index contributed by atoms with van der Waals surface area (Å²) in [5.41, 5.74) is 2.14. The van der Waals surface area contributed by atoms with Gasteiger partial charge in [-0.2, -0.15) is 0 Å². The molecule has 0 bridgehead atoms. The van der Waals surface area contributed by atoms with Gasteiger partial charge in [-0.1, -0.05) is 35.9 Å². The van der Waals surface area contributed by atoms with Crippen LogP contribution in [0.2, 0.25) is 5.02 Å². The van der Waals surface area contributed by atoms with E-state index in [0.717, 1.165) is 12.0 Å². The fourth-order valence-electron chi connectivity index (χ4n) is 2.33. The van der Waals surface area contributed by atoms with Gasteiger partial charge in [-0.15, -0.1) is 11.8 Å². The molecule has 0 aromatic heterocycles. The van der Waals surface area contributed by atoms with Crippen LogP contribution < -0.4 is 5.32 Å². The molecule has 2 nitrogen and oxygen atoms in total. The lowest BCUT2D eigenvalue weighted by atomic mass is 10.1. The average molecular weight is 336 g/mol. The van der Waals surface area contributed by atoms with Gasteiger partial charge in [0.05, 0.1) is 6.10 Å². The predicted molar refractivity (Wildman–Crippen MR) is 95.8 cm³/mol. The van der Waals surface area contributed by atoms with Crippen molar-refractivity contribution in [3.63, 3.8) is 0 Å². The van der Waals surface area contributed by atoms with Gasteiger partial charge in [0.25, 0.3) is 0 Å². The normalized spacial score (nSPS) is 13.8. The first-order valence-corrected chi connectivity index (χ1v) is 8.98. The van der Waals surface area contributed by atoms with E-state index in [0.29, 0.717) is 17.6 Å². The molecule has 0 aliphatic heterocycles. The Hall–Kier alpha value is -1.00. The van der Waals surface area contributed by atoms with Crippen molar-refractivity contribution in [1.29, 1.82) is 0 Å². The van der Waals surface area contributed by atoms with Crippen LogP contribution in [-0.2, 0) is 6.42 Å². The SMILES string of the molecule is CSc1ccc(CC(C)NC[C@H](O)c2cccc(Cl)c2)cc1. The van der Waals surface area contributed by atoms with Crippen LogP contribution in [0.4, 0.5) is 0 Å². The van der Waals surface area contributed by atoms with E-state index < -0.39 is 6.10 Å². The smallest absolute Gasteiger partial charge is 0.0914 e. The topological polar surface area (TPSA) is 32.3 Å². The van der Waals surface area contributed by atoms with Gasteiger partial charge in [-0.05, 0) is 55.0 Å². The molecule has 2 N–H and O–H groups in total. The van der Waals surface area contributed by atoms with Gasteiger partial charge in [-0.25, -0.2) is 0 Å². The van der Waals surface area contributed by atoms with Crippen LogP contribution in [0.3, 0.4) is 0 Å². The van der Waals surface area contributed by atoms with Crippen molar-refractivity contribution in [3.05, 3.63) is 64.7 Å². The van der Waals surface area contributed by atoms with Crippen molar-refractivity contribution in [2.24, 2.45) is 0 Å². The summed E-state index contributed by atoms with van der Waals surface area (Å²) < 4.78 is 0. The van der Waals surface area contributed by atoms with E-state index in [1.54, 1.807) is 17.8 Å². The van der Waals surface area contributed by atoms with Crippen molar-refractivity contribution >= 4 is 23.4 Å². The zero-order valence-electron chi connectivity index (χ0n) is 12.9. The Morgan fingerprint density at radius 1 is 1.18 bits per heavy atom. The molecule has 2 aromatic rings. The second-order valence-corrected chi connectivity index (χ2v) is 6.75. The van der Waals surface area contributed by atoms with Crippen molar-refractivity contribution in [3.8, 4) is 0 Å². The number of aliphatic hydroxyl groups excluding tert-OH is 1. The molecule has 0 saturated heterocycles. The number of rotatable bonds is 7. The zero-order valence-corrected chi connectivity index (χ0v) is 14.5. The maximum atomic E-state index is 10.2. The average Bonchev–Trinajstić information content (AvgIpc) is 2.53. The van der Waals surface area contributed by atoms with E-state index in [2.05, 4.69) is 42.8 Å². The van der Waals surface area contributed by atoms with Crippen molar-refractivity contribution in [1.82, 2.24) is 5.32 Å². The first-order valence-electron chi connectivity index (χ1n) is 7.38. The number of benzene rings is 2. The number of thioether (sulfide) groups is 1. The largest absolute Gasteiger partial charge is 0.387 e. The summed E-state index contributed by atoms with van der Waals surface area (Å²) in [5.74, 6) is 0. The van der Waals surface area contributed by atoms with E-state index in [-0.39, 0.29) is 0 Å². The van der Waals surface area contributed by atoms with Crippen LogP contribution in [0.15, 0.2) is 53.4 Å². The highest BCUT2D eigenvalue weighted by Gasteiger charge is 2.10. The van der Waals surface area contributed by atoms with E-state index in [4.69, 9.17) is 11.6 Å². The fourth-order valence-corrected chi connectivity index (χ4v) is 2.94. The molecule has 0 spiro atoms. The third-order valence-corrected chi connectivity index (χ3v) is 4.57. The minimum Gasteiger partial charge on any atom is -0.387 e. The summed E-state index contributed by atoms with van der Waals surface area (Å²) in [6.45, 7) is 2.65. The summed E-state index contributed by atoms with van der Waals surface area (Å²) in [6.07, 6.45) is 2.48. The van der Waals surface area contributed by atoms with Gasteiger partial charge in [0.2, 0.25) is 0 Å². The zero-order chi connectivity index (χ0) is 15.9. The second-order valence-electron chi connectivity index (χ2n) is 5.43. The number of hydrogen-bond donors (Lipinski definition) is 2. The van der Waals surface area contributed by atoms with Crippen LogP contribution in [0.25, 0.3) is 0 Å². The Morgan fingerprint density at radius 2 is 1.91 bits per heavy atom. The minimum absolute atomic E-state index is 0.300. The van der Waals surface area contributed by atoms with Gasteiger partial charge in [0, 0.05) is 22.5 Å². The lowest BCUT2D eigenvalue weighted by Gasteiger charge is -2.18. The number of hydrogen-bond acceptors (Lipinski definition) is 3. The molecular formula is C18H22ClNOS. The molecule has 1 unspecified atom stereocenters. The summed E-state index contributed by atoms with van der Waals surface area (Å²) in [6, 6.07) is 16.3. The van der Waals surface area contributed by atoms with Gasteiger partial charge in [-0.3, -0.25) is 0 Å². The molecule has 0 saturated carbocycles. The van der Waals surface area contributed by atoms with Crippen molar-refractivity contribution in [2.45, 2.75) is 30.4 Å². The quantitative estimate of drug-likeness (QED) is 0.739. The molecule has 0 aliphatic rings. The Balaban J connectivity index is 1.82. The van der Waals surface area contributed by atoms with E-state index in [1.165, 1.54) is 10.5 Å². The highest BCUT2D eigenvalue weighted by atomic mass is 35.5. The number of nitrogens with one attached hydrogen (secondary N) is 1. The molecule has 0 fully saturated rings. The first kappa shape index (κ1) is 17.4. The molecule has 0 heterocycles. The van der Waals surface area contributed by atoms with E-state index in [9.17, 15) is 5.11 Å². The van der Waals surface area contributed by atoms with Crippen LogP contribution >= 0.6 is 23.4 Å². The number of halogens is 1. The molecule has 4 heteroatoms. The third kappa shape index (κ3) is 5.33. The predicted octanol–water partition coefficient (Wildman–Crippen LogP) is 4.32. The van der Waals surface area contributed by atoms with Gasteiger partial charge in [0.15, 0.2) is 0 Å². The molecule has 0 amide bonds. The standard InChI is InChI=1S/C18H22ClNOS/c1-13(10-14-6-8-17(22-2)9-7-14)20-12-18(21)15-4-3-5-16(19)11-15/h3-9,11,13,18,20-21H,10,12H2,1-2H3/t13?,18-/m0/s1. The Morgan fingerprint density at radius 3 is 2.55 bits per heavy atom. The van der Waals surface area contributed by atoms with Crippen molar-refractivity contribution in [2.75, 3.05) is 12.8 Å². The maximum Gasteiger partial charge on any atom is 0.0914 e. The maximum absolute atomic E-state index is 10.2. The monoisotopic (exact) mass is 335 g/mol. The summed E-state index contributed by atoms with van der Waals surface area (Å²) >= 11 is 7.70. The Labute approximate surface area is 141 Å². The lowest BCUT2D eigenvalue weighted by molar-refractivity contribution is 0.170. The van der Waals surface area contributed by atoms with Crippen LogP contribution in [0, 0.1) is 0 Å². The van der Waals surface area contributed by atoms with Crippen LogP contribution in [0.5, 0.6) is 0 Å². The van der Waals surface area contributed by atoms with E-state index >= 15 is 0 Å². The molecular weight excluding hydrogens is 314 g/mol. The molecule has 0 aliphatic carbocycles. The summed E-state index contributed by atoms with van der Waals surface area (Å²) in [4.78, 5) is 1.28. The molecule has 0 radical (unpaired) electrons. The number of aliphatic hydroxyl groups is 1. The van der Waals surface area contributed by atoms with Crippen LogP contribution in [-0.4, -0.2) is 23.9 Å². The first-order chi connectivity index (χ1) is 10.6. The summed E-state index contributed by atoms with van der Waals surface area (Å²) in [5, 5.41) is 14.2. The lowest BCUT2D eigenvalue weighted by Crippen LogP contribution is -2.32. The highest BCUT2D eigenvalue weighted by Crippen LogP contribution is 2.18. The minimum atomic E-state index is -0.542. The van der Waals surface area contributed by atoms with E-state index in [1.807, 2.05) is 18.2 Å². The van der Waals surface area contributed by atoms with Gasteiger partial charge < -0.3 is 10.4 Å². The molecule has 2 aromatic carbocycles. The second kappa shape index (κ2) is 8.59. The summed E-state index contributed by atoms with van der Waals surface area (Å²) in [7, 11) is 0. The highest BCUT2D eigenvalue weighted by molar-refractivity contribution is 7.98. The van der Waals surface area contributed by atoms with Gasteiger partial charge in [0.1, 0.15) is 0 Å². The van der Waals surface area contributed by atoms with Gasteiger partial charge >= 0.3 is 0 Å². The van der Waals surface area contributed by atoms with Crippen LogP contribution in [0.1, 0.15) is 24.2 Å². The molecule has 118 valence electrons. The fraction of sp³-hybridized carbons (Fsp3) is 0.333. The molecule has 2 rings (SSSR count). The molecule has 22 heavy (non-hydrogen) atoms. The Bertz CT molecular complexity index is 588. The third-order valence-electron chi connectivity index (χ3n) is 3.59.